The number of rotatable bonds is 2. The predicted molar refractivity (Wildman–Crippen MR) is 76.1 cm³/mol. The summed E-state index contributed by atoms with van der Waals surface area (Å²) in [5, 5.41) is 0. The van der Waals surface area contributed by atoms with E-state index in [1.807, 2.05) is 12.1 Å². The minimum atomic E-state index is 0.590. The monoisotopic (exact) mass is 263 g/mol. The van der Waals surface area contributed by atoms with Gasteiger partial charge in [-0.05, 0) is 20.5 Å². The maximum absolute atomic E-state index is 6.16. The Morgan fingerprint density at radius 3 is 2.53 bits per heavy atom. The summed E-state index contributed by atoms with van der Waals surface area (Å²) < 4.78 is 11.2. The Balaban J connectivity index is 1.85. The summed E-state index contributed by atoms with van der Waals surface area (Å²) in [6.45, 7) is 3.25. The van der Waals surface area contributed by atoms with Crippen molar-refractivity contribution in [3.63, 3.8) is 0 Å². The highest BCUT2D eigenvalue weighted by molar-refractivity contribution is 5.73. The SMILES string of the molecule is CN(C)C1CCN(c2cc3c(cc2N)OCCO3)C1. The fraction of sp³-hybridized carbons (Fsp3) is 0.571. The molecule has 0 aromatic heterocycles. The Morgan fingerprint density at radius 1 is 1.21 bits per heavy atom. The summed E-state index contributed by atoms with van der Waals surface area (Å²) in [5.41, 5.74) is 7.99. The molecule has 1 saturated heterocycles. The minimum Gasteiger partial charge on any atom is -0.486 e. The zero-order valence-corrected chi connectivity index (χ0v) is 11.6. The molecule has 1 fully saturated rings. The van der Waals surface area contributed by atoms with E-state index in [-0.39, 0.29) is 0 Å². The summed E-state index contributed by atoms with van der Waals surface area (Å²) in [5.74, 6) is 1.57. The fourth-order valence-corrected chi connectivity index (χ4v) is 2.75. The lowest BCUT2D eigenvalue weighted by Gasteiger charge is -2.26. The molecule has 0 bridgehead atoms. The van der Waals surface area contributed by atoms with Crippen molar-refractivity contribution in [1.29, 1.82) is 0 Å². The Morgan fingerprint density at radius 2 is 1.89 bits per heavy atom. The maximum atomic E-state index is 6.16. The molecule has 1 unspecified atom stereocenters. The number of hydrogen-bond donors (Lipinski definition) is 1. The van der Waals surface area contributed by atoms with Crippen LogP contribution in [0.15, 0.2) is 12.1 Å². The first-order valence-electron chi connectivity index (χ1n) is 6.75. The van der Waals surface area contributed by atoms with Crippen molar-refractivity contribution >= 4 is 11.4 Å². The first-order chi connectivity index (χ1) is 9.15. The molecule has 5 nitrogen and oxygen atoms in total. The normalized spacial score (nSPS) is 22.1. The average molecular weight is 263 g/mol. The van der Waals surface area contributed by atoms with E-state index in [2.05, 4.69) is 23.9 Å². The summed E-state index contributed by atoms with van der Waals surface area (Å²) in [6.07, 6.45) is 1.17. The van der Waals surface area contributed by atoms with Crippen LogP contribution in [0.3, 0.4) is 0 Å². The summed E-state index contributed by atoms with van der Waals surface area (Å²) in [4.78, 5) is 4.60. The molecule has 0 aliphatic carbocycles. The van der Waals surface area contributed by atoms with Gasteiger partial charge in [-0.2, -0.15) is 0 Å². The molecule has 19 heavy (non-hydrogen) atoms. The van der Waals surface area contributed by atoms with Gasteiger partial charge in [0.1, 0.15) is 13.2 Å². The number of nitrogen functional groups attached to an aromatic ring is 1. The van der Waals surface area contributed by atoms with Crippen molar-refractivity contribution < 1.29 is 9.47 Å². The number of likely N-dealkylation sites (N-methyl/N-ethyl adjacent to an activating group) is 1. The Kier molecular flexibility index (Phi) is 3.14. The highest BCUT2D eigenvalue weighted by Gasteiger charge is 2.26. The molecule has 0 spiro atoms. The first kappa shape index (κ1) is 12.4. The van der Waals surface area contributed by atoms with Gasteiger partial charge in [-0.3, -0.25) is 0 Å². The Hall–Kier alpha value is -1.62. The minimum absolute atomic E-state index is 0.590. The van der Waals surface area contributed by atoms with Crippen molar-refractivity contribution in [2.45, 2.75) is 12.5 Å². The van der Waals surface area contributed by atoms with Crippen molar-refractivity contribution in [3.8, 4) is 11.5 Å². The van der Waals surface area contributed by atoms with E-state index in [0.717, 1.165) is 36.0 Å². The molecular formula is C14H21N3O2. The smallest absolute Gasteiger partial charge is 0.163 e. The van der Waals surface area contributed by atoms with Gasteiger partial charge in [-0.1, -0.05) is 0 Å². The van der Waals surface area contributed by atoms with Crippen LogP contribution in [-0.4, -0.2) is 51.3 Å². The third kappa shape index (κ3) is 2.30. The Labute approximate surface area is 113 Å². The predicted octanol–water partition coefficient (Wildman–Crippen LogP) is 1.18. The van der Waals surface area contributed by atoms with E-state index >= 15 is 0 Å². The van der Waals surface area contributed by atoms with Gasteiger partial charge in [-0.15, -0.1) is 0 Å². The van der Waals surface area contributed by atoms with Gasteiger partial charge >= 0.3 is 0 Å². The van der Waals surface area contributed by atoms with Crippen molar-refractivity contribution in [2.24, 2.45) is 0 Å². The molecule has 1 atom stereocenters. The second kappa shape index (κ2) is 4.81. The lowest BCUT2D eigenvalue weighted by Crippen LogP contribution is -2.31. The number of nitrogens with two attached hydrogens (primary N) is 1. The van der Waals surface area contributed by atoms with Crippen LogP contribution < -0.4 is 20.1 Å². The zero-order chi connectivity index (χ0) is 13.4. The summed E-state index contributed by atoms with van der Waals surface area (Å²) in [6, 6.07) is 4.49. The number of anilines is 2. The Bertz CT molecular complexity index is 476. The highest BCUT2D eigenvalue weighted by Crippen LogP contribution is 2.39. The summed E-state index contributed by atoms with van der Waals surface area (Å²) >= 11 is 0. The number of nitrogens with zero attached hydrogens (tertiary/aromatic N) is 2. The van der Waals surface area contributed by atoms with Gasteiger partial charge in [0.25, 0.3) is 0 Å². The van der Waals surface area contributed by atoms with Gasteiger partial charge in [0.05, 0.1) is 11.4 Å². The van der Waals surface area contributed by atoms with Gasteiger partial charge in [0.2, 0.25) is 0 Å². The average Bonchev–Trinajstić information content (AvgIpc) is 2.87. The van der Waals surface area contributed by atoms with Crippen molar-refractivity contribution in [1.82, 2.24) is 4.90 Å². The van der Waals surface area contributed by atoms with Gasteiger partial charge in [0, 0.05) is 31.3 Å². The van der Waals surface area contributed by atoms with Crippen LogP contribution in [0.25, 0.3) is 0 Å². The molecule has 5 heteroatoms. The molecule has 0 radical (unpaired) electrons. The molecule has 0 amide bonds. The molecule has 2 N–H and O–H groups in total. The van der Waals surface area contributed by atoms with Gasteiger partial charge in [0.15, 0.2) is 11.5 Å². The maximum Gasteiger partial charge on any atom is 0.163 e. The zero-order valence-electron chi connectivity index (χ0n) is 11.6. The molecule has 1 aromatic rings. The van der Waals surface area contributed by atoms with Crippen molar-refractivity contribution in [3.05, 3.63) is 12.1 Å². The molecule has 2 aliphatic rings. The molecule has 2 heterocycles. The van der Waals surface area contributed by atoms with E-state index in [1.54, 1.807) is 0 Å². The van der Waals surface area contributed by atoms with Gasteiger partial charge in [-0.25, -0.2) is 0 Å². The van der Waals surface area contributed by atoms with Gasteiger partial charge < -0.3 is 25.0 Å². The second-order valence-corrected chi connectivity index (χ2v) is 5.41. The fourth-order valence-electron chi connectivity index (χ4n) is 2.75. The van der Waals surface area contributed by atoms with Crippen LogP contribution >= 0.6 is 0 Å². The number of ether oxygens (including phenoxy) is 2. The lowest BCUT2D eigenvalue weighted by atomic mass is 10.2. The van der Waals surface area contributed by atoms with E-state index < -0.39 is 0 Å². The summed E-state index contributed by atoms with van der Waals surface area (Å²) in [7, 11) is 4.25. The number of fused-ring (bicyclic) bond motifs is 1. The molecule has 104 valence electrons. The van der Waals surface area contributed by atoms with E-state index in [4.69, 9.17) is 15.2 Å². The topological polar surface area (TPSA) is 51.0 Å². The number of benzene rings is 1. The van der Waals surface area contributed by atoms with Crippen molar-refractivity contribution in [2.75, 3.05) is 51.0 Å². The largest absolute Gasteiger partial charge is 0.486 e. The lowest BCUT2D eigenvalue weighted by molar-refractivity contribution is 0.172. The molecule has 3 rings (SSSR count). The number of hydrogen-bond acceptors (Lipinski definition) is 5. The third-order valence-electron chi connectivity index (χ3n) is 3.93. The standard InChI is InChI=1S/C14H21N3O2/c1-16(2)10-3-4-17(9-10)12-8-14-13(7-11(12)15)18-5-6-19-14/h7-8,10H,3-6,9,15H2,1-2H3. The highest BCUT2D eigenvalue weighted by atomic mass is 16.6. The van der Waals surface area contributed by atoms with E-state index in [0.29, 0.717) is 19.3 Å². The third-order valence-corrected chi connectivity index (χ3v) is 3.93. The van der Waals surface area contributed by atoms with Crippen LogP contribution in [0.4, 0.5) is 11.4 Å². The van der Waals surface area contributed by atoms with Crippen LogP contribution in [0, 0.1) is 0 Å². The first-order valence-corrected chi connectivity index (χ1v) is 6.75. The molecular weight excluding hydrogens is 242 g/mol. The molecule has 2 aliphatic heterocycles. The quantitative estimate of drug-likeness (QED) is 0.812. The molecule has 0 saturated carbocycles. The van der Waals surface area contributed by atoms with Crippen LogP contribution in [0.5, 0.6) is 11.5 Å². The molecule has 1 aromatic carbocycles. The van der Waals surface area contributed by atoms with Crippen LogP contribution in [0.1, 0.15) is 6.42 Å². The van der Waals surface area contributed by atoms with Crippen LogP contribution in [0.2, 0.25) is 0 Å². The van der Waals surface area contributed by atoms with E-state index in [9.17, 15) is 0 Å². The van der Waals surface area contributed by atoms with Crippen LogP contribution in [-0.2, 0) is 0 Å². The van der Waals surface area contributed by atoms with E-state index in [1.165, 1.54) is 6.42 Å². The second-order valence-electron chi connectivity index (χ2n) is 5.41.